The quantitative estimate of drug-likeness (QED) is 0.807. The molecule has 0 spiro atoms. The molecule has 2 heterocycles. The number of hydrogen-bond acceptors (Lipinski definition) is 3. The smallest absolute Gasteiger partial charge is 0.416 e. The van der Waals surface area contributed by atoms with E-state index in [4.69, 9.17) is 10.2 Å². The summed E-state index contributed by atoms with van der Waals surface area (Å²) in [6, 6.07) is 7.03. The molecule has 0 aliphatic heterocycles. The molecule has 0 bridgehead atoms. The lowest BCUT2D eigenvalue weighted by molar-refractivity contribution is -0.137. The molecule has 3 rings (SSSR count). The molecule has 21 heavy (non-hydrogen) atoms. The molecule has 0 atom stereocenters. The van der Waals surface area contributed by atoms with Crippen LogP contribution in [-0.2, 0) is 19.3 Å². The van der Waals surface area contributed by atoms with Gasteiger partial charge < -0.3 is 14.7 Å². The van der Waals surface area contributed by atoms with Crippen LogP contribution in [0.4, 0.5) is 13.2 Å². The normalized spacial score (nSPS) is 12.2. The highest BCUT2D eigenvalue weighted by Crippen LogP contribution is 2.31. The molecule has 0 unspecified atom stereocenters. The third kappa shape index (κ3) is 2.52. The molecule has 0 amide bonds. The molecule has 110 valence electrons. The molecular formula is C14H12F3N3O. The van der Waals surface area contributed by atoms with Crippen LogP contribution in [0.3, 0.4) is 0 Å². The van der Waals surface area contributed by atoms with Crippen molar-refractivity contribution in [2.75, 3.05) is 0 Å². The molecular weight excluding hydrogens is 283 g/mol. The number of halogens is 3. The molecule has 3 aromatic rings. The number of imidazole rings is 1. The third-order valence-electron chi connectivity index (χ3n) is 3.23. The van der Waals surface area contributed by atoms with Crippen LogP contribution in [0.25, 0.3) is 11.0 Å². The lowest BCUT2D eigenvalue weighted by atomic mass is 10.2. The van der Waals surface area contributed by atoms with Crippen LogP contribution in [-0.4, -0.2) is 9.55 Å². The highest BCUT2D eigenvalue weighted by molar-refractivity contribution is 5.77. The molecule has 0 saturated carbocycles. The second kappa shape index (κ2) is 4.92. The average molecular weight is 295 g/mol. The van der Waals surface area contributed by atoms with E-state index in [1.165, 1.54) is 6.07 Å². The number of nitrogens with two attached hydrogens (primary N) is 1. The fourth-order valence-electron chi connectivity index (χ4n) is 2.25. The molecule has 1 aromatic carbocycles. The zero-order valence-corrected chi connectivity index (χ0v) is 10.9. The zero-order chi connectivity index (χ0) is 15.0. The average Bonchev–Trinajstić information content (AvgIpc) is 3.05. The van der Waals surface area contributed by atoms with Crippen molar-refractivity contribution in [2.24, 2.45) is 5.73 Å². The van der Waals surface area contributed by atoms with Gasteiger partial charge in [0.25, 0.3) is 0 Å². The lowest BCUT2D eigenvalue weighted by Gasteiger charge is -2.08. The summed E-state index contributed by atoms with van der Waals surface area (Å²) in [5, 5.41) is 0. The number of aromatic nitrogens is 2. The van der Waals surface area contributed by atoms with Gasteiger partial charge in [-0.2, -0.15) is 13.2 Å². The van der Waals surface area contributed by atoms with Gasteiger partial charge in [0.2, 0.25) is 0 Å². The van der Waals surface area contributed by atoms with Crippen LogP contribution in [0.5, 0.6) is 0 Å². The van der Waals surface area contributed by atoms with Crippen molar-refractivity contribution in [3.8, 4) is 0 Å². The monoisotopic (exact) mass is 295 g/mol. The van der Waals surface area contributed by atoms with Gasteiger partial charge in [0.05, 0.1) is 35.9 Å². The molecule has 0 radical (unpaired) electrons. The molecule has 0 saturated heterocycles. The van der Waals surface area contributed by atoms with Crippen LogP contribution < -0.4 is 5.73 Å². The van der Waals surface area contributed by atoms with E-state index in [1.807, 2.05) is 0 Å². The first-order valence-corrected chi connectivity index (χ1v) is 6.28. The van der Waals surface area contributed by atoms with Crippen molar-refractivity contribution in [3.05, 3.63) is 53.7 Å². The molecule has 7 heteroatoms. The first kappa shape index (κ1) is 13.7. The Labute approximate surface area is 118 Å². The first-order valence-electron chi connectivity index (χ1n) is 6.28. The summed E-state index contributed by atoms with van der Waals surface area (Å²) in [4.78, 5) is 4.18. The largest absolute Gasteiger partial charge is 0.467 e. The van der Waals surface area contributed by atoms with E-state index in [2.05, 4.69) is 4.98 Å². The van der Waals surface area contributed by atoms with E-state index < -0.39 is 11.7 Å². The van der Waals surface area contributed by atoms with E-state index >= 15 is 0 Å². The maximum absolute atomic E-state index is 12.7. The number of benzene rings is 1. The van der Waals surface area contributed by atoms with Crippen LogP contribution >= 0.6 is 0 Å². The van der Waals surface area contributed by atoms with Crippen LogP contribution in [0.1, 0.15) is 17.1 Å². The minimum atomic E-state index is -4.39. The Morgan fingerprint density at radius 2 is 2.05 bits per heavy atom. The summed E-state index contributed by atoms with van der Waals surface area (Å²) < 4.78 is 45.2. The summed E-state index contributed by atoms with van der Waals surface area (Å²) in [6.45, 7) is 0.512. The van der Waals surface area contributed by atoms with E-state index in [-0.39, 0.29) is 12.1 Å². The summed E-state index contributed by atoms with van der Waals surface area (Å²) in [5.41, 5.74) is 5.78. The minimum Gasteiger partial charge on any atom is -0.467 e. The fraction of sp³-hybridized carbons (Fsp3) is 0.214. The van der Waals surface area contributed by atoms with Crippen LogP contribution in [0.15, 0.2) is 41.0 Å². The standard InChI is InChI=1S/C14H12F3N3O/c15-14(16,17)9-3-4-12-11(6-9)19-13(7-18)20(12)8-10-2-1-5-21-10/h1-6H,7-8,18H2. The third-order valence-corrected chi connectivity index (χ3v) is 3.23. The van der Waals surface area contributed by atoms with Gasteiger partial charge in [-0.1, -0.05) is 0 Å². The molecule has 0 aliphatic rings. The van der Waals surface area contributed by atoms with Crippen molar-refractivity contribution >= 4 is 11.0 Å². The molecule has 2 aromatic heterocycles. The van der Waals surface area contributed by atoms with Gasteiger partial charge in [-0.15, -0.1) is 0 Å². The Bertz CT molecular complexity index is 760. The van der Waals surface area contributed by atoms with Crippen molar-refractivity contribution < 1.29 is 17.6 Å². The maximum atomic E-state index is 12.7. The Morgan fingerprint density at radius 3 is 2.67 bits per heavy atom. The summed E-state index contributed by atoms with van der Waals surface area (Å²) in [6.07, 6.45) is -2.85. The fourth-order valence-corrected chi connectivity index (χ4v) is 2.25. The van der Waals surface area contributed by atoms with Crippen molar-refractivity contribution in [3.63, 3.8) is 0 Å². The van der Waals surface area contributed by atoms with E-state index in [0.29, 0.717) is 23.6 Å². The van der Waals surface area contributed by atoms with Gasteiger partial charge in [-0.25, -0.2) is 4.98 Å². The first-order chi connectivity index (χ1) is 9.99. The van der Waals surface area contributed by atoms with Crippen LogP contribution in [0.2, 0.25) is 0 Å². The van der Waals surface area contributed by atoms with Crippen molar-refractivity contribution in [1.29, 1.82) is 0 Å². The molecule has 0 aliphatic carbocycles. The van der Waals surface area contributed by atoms with Crippen molar-refractivity contribution in [1.82, 2.24) is 9.55 Å². The molecule has 2 N–H and O–H groups in total. The van der Waals surface area contributed by atoms with Gasteiger partial charge in [-0.3, -0.25) is 0 Å². The van der Waals surface area contributed by atoms with Gasteiger partial charge in [0.1, 0.15) is 11.6 Å². The maximum Gasteiger partial charge on any atom is 0.416 e. The van der Waals surface area contributed by atoms with Gasteiger partial charge >= 0.3 is 6.18 Å². The number of nitrogens with zero attached hydrogens (tertiary/aromatic N) is 2. The highest BCUT2D eigenvalue weighted by atomic mass is 19.4. The number of alkyl halides is 3. The zero-order valence-electron chi connectivity index (χ0n) is 10.9. The number of fused-ring (bicyclic) bond motifs is 1. The number of rotatable bonds is 3. The number of hydrogen-bond donors (Lipinski definition) is 1. The van der Waals surface area contributed by atoms with Crippen molar-refractivity contribution in [2.45, 2.75) is 19.3 Å². The topological polar surface area (TPSA) is 57.0 Å². The second-order valence-corrected chi connectivity index (χ2v) is 4.60. The number of furan rings is 1. The van der Waals surface area contributed by atoms with Gasteiger partial charge in [-0.05, 0) is 30.3 Å². The summed E-state index contributed by atoms with van der Waals surface area (Å²) in [7, 11) is 0. The van der Waals surface area contributed by atoms with E-state index in [0.717, 1.165) is 12.1 Å². The SMILES string of the molecule is NCc1nc2cc(C(F)(F)F)ccc2n1Cc1ccco1. The molecule has 4 nitrogen and oxygen atoms in total. The second-order valence-electron chi connectivity index (χ2n) is 4.60. The lowest BCUT2D eigenvalue weighted by Crippen LogP contribution is -2.09. The van der Waals surface area contributed by atoms with Gasteiger partial charge in [0.15, 0.2) is 0 Å². The van der Waals surface area contributed by atoms with Crippen LogP contribution in [0, 0.1) is 0 Å². The van der Waals surface area contributed by atoms with Gasteiger partial charge in [0, 0.05) is 0 Å². The molecule has 0 fully saturated rings. The summed E-state index contributed by atoms with van der Waals surface area (Å²) >= 11 is 0. The summed E-state index contributed by atoms with van der Waals surface area (Å²) in [5.74, 6) is 1.20. The Morgan fingerprint density at radius 1 is 1.24 bits per heavy atom. The Kier molecular flexibility index (Phi) is 3.21. The predicted molar refractivity (Wildman–Crippen MR) is 70.4 cm³/mol. The highest BCUT2D eigenvalue weighted by Gasteiger charge is 2.31. The van der Waals surface area contributed by atoms with E-state index in [9.17, 15) is 13.2 Å². The Hall–Kier alpha value is -2.28. The van der Waals surface area contributed by atoms with E-state index in [1.54, 1.807) is 23.0 Å². The Balaban J connectivity index is 2.10. The predicted octanol–water partition coefficient (Wildman–Crippen LogP) is 3.16. The minimum absolute atomic E-state index is 0.136.